The number of hydrogen-bond acceptors (Lipinski definition) is 5. The van der Waals surface area contributed by atoms with Crippen LogP contribution in [0, 0.1) is 5.92 Å². The lowest BCUT2D eigenvalue weighted by Crippen LogP contribution is -2.43. The van der Waals surface area contributed by atoms with Gasteiger partial charge in [0.25, 0.3) is 0 Å². The second-order valence-electron chi connectivity index (χ2n) is 6.76. The smallest absolute Gasteiger partial charge is 0.243 e. The van der Waals surface area contributed by atoms with Gasteiger partial charge < -0.3 is 14.8 Å². The van der Waals surface area contributed by atoms with Gasteiger partial charge in [-0.05, 0) is 62.4 Å². The molecule has 1 N–H and O–H groups in total. The van der Waals surface area contributed by atoms with E-state index in [4.69, 9.17) is 9.47 Å². The average Bonchev–Trinajstić information content (AvgIpc) is 3.17. The molecule has 0 radical (unpaired) electrons. The molecule has 0 amide bonds. The van der Waals surface area contributed by atoms with E-state index >= 15 is 0 Å². The summed E-state index contributed by atoms with van der Waals surface area (Å²) in [5.41, 5.74) is 0. The molecule has 1 unspecified atom stereocenters. The van der Waals surface area contributed by atoms with Crippen LogP contribution in [0.1, 0.15) is 25.7 Å². The third kappa shape index (κ3) is 5.10. The van der Waals surface area contributed by atoms with Crippen molar-refractivity contribution in [1.29, 1.82) is 0 Å². The number of nitrogens with one attached hydrogen (secondary N) is 1. The van der Waals surface area contributed by atoms with Gasteiger partial charge in [-0.1, -0.05) is 0 Å². The van der Waals surface area contributed by atoms with E-state index in [1.807, 2.05) is 0 Å². The average molecular weight is 405 g/mol. The van der Waals surface area contributed by atoms with Crippen molar-refractivity contribution in [3.8, 4) is 5.75 Å². The molecule has 6 nitrogen and oxygen atoms in total. The van der Waals surface area contributed by atoms with Gasteiger partial charge >= 0.3 is 0 Å². The zero-order valence-corrected chi connectivity index (χ0v) is 16.9. The van der Waals surface area contributed by atoms with Crippen LogP contribution in [0.25, 0.3) is 0 Å². The minimum Gasteiger partial charge on any atom is -0.491 e. The molecule has 2 aliphatic heterocycles. The second-order valence-corrected chi connectivity index (χ2v) is 8.69. The number of rotatable bonds is 7. The lowest BCUT2D eigenvalue weighted by Gasteiger charge is -2.34. The minimum atomic E-state index is -3.42. The standard InChI is InChI=1S/C18H28N2O4S.ClH/c1-23-13-14-24-16-4-6-17(7-5-16)25(21,22)20-11-8-15(9-12-20)18-3-2-10-19-18;/h4-7,15,18-19H,2-3,8-14H2,1H3;1H. The van der Waals surface area contributed by atoms with Gasteiger partial charge in [-0.3, -0.25) is 0 Å². The van der Waals surface area contributed by atoms with Crippen molar-refractivity contribution >= 4 is 22.4 Å². The summed E-state index contributed by atoms with van der Waals surface area (Å²) in [5, 5.41) is 3.55. The summed E-state index contributed by atoms with van der Waals surface area (Å²) in [5.74, 6) is 1.26. The highest BCUT2D eigenvalue weighted by molar-refractivity contribution is 7.89. The van der Waals surface area contributed by atoms with Crippen molar-refractivity contribution in [2.24, 2.45) is 5.92 Å². The van der Waals surface area contributed by atoms with Crippen LogP contribution in [-0.2, 0) is 14.8 Å². The SMILES string of the molecule is COCCOc1ccc(S(=O)(=O)N2CCC(C3CCCN3)CC2)cc1.Cl. The van der Waals surface area contributed by atoms with Gasteiger partial charge in [0.15, 0.2) is 0 Å². The van der Waals surface area contributed by atoms with E-state index in [0.29, 0.717) is 48.9 Å². The highest BCUT2D eigenvalue weighted by atomic mass is 35.5. The first-order valence-corrected chi connectivity index (χ1v) is 10.5. The molecule has 0 aliphatic carbocycles. The van der Waals surface area contributed by atoms with Crippen LogP contribution in [0.3, 0.4) is 0 Å². The molecule has 2 aliphatic rings. The zero-order chi connectivity index (χ0) is 17.7. The quantitative estimate of drug-likeness (QED) is 0.706. The van der Waals surface area contributed by atoms with Gasteiger partial charge in [0.1, 0.15) is 12.4 Å². The molecule has 2 saturated heterocycles. The van der Waals surface area contributed by atoms with Crippen molar-refractivity contribution in [3.63, 3.8) is 0 Å². The van der Waals surface area contributed by atoms with Gasteiger partial charge in [0, 0.05) is 26.2 Å². The Labute approximate surface area is 162 Å². The fourth-order valence-corrected chi connectivity index (χ4v) is 5.20. The summed E-state index contributed by atoms with van der Waals surface area (Å²) >= 11 is 0. The maximum Gasteiger partial charge on any atom is 0.243 e. The normalized spacial score (nSPS) is 22.1. The Balaban J connectivity index is 0.00000243. The Morgan fingerprint density at radius 2 is 1.81 bits per heavy atom. The first-order valence-electron chi connectivity index (χ1n) is 9.06. The van der Waals surface area contributed by atoms with Gasteiger partial charge in [-0.2, -0.15) is 4.31 Å². The third-order valence-corrected chi connectivity index (χ3v) is 7.10. The van der Waals surface area contributed by atoms with E-state index in [9.17, 15) is 8.42 Å². The highest BCUT2D eigenvalue weighted by Gasteiger charge is 2.33. The van der Waals surface area contributed by atoms with E-state index in [1.54, 1.807) is 35.7 Å². The topological polar surface area (TPSA) is 67.9 Å². The molecule has 0 aromatic heterocycles. The van der Waals surface area contributed by atoms with E-state index in [2.05, 4.69) is 5.32 Å². The Morgan fingerprint density at radius 3 is 2.38 bits per heavy atom. The van der Waals surface area contributed by atoms with Crippen molar-refractivity contribution < 1.29 is 17.9 Å². The maximum absolute atomic E-state index is 12.8. The predicted molar refractivity (Wildman–Crippen MR) is 104 cm³/mol. The third-order valence-electron chi connectivity index (χ3n) is 5.18. The van der Waals surface area contributed by atoms with Crippen LogP contribution in [0.15, 0.2) is 29.2 Å². The Morgan fingerprint density at radius 1 is 1.12 bits per heavy atom. The molecule has 1 atom stereocenters. The molecule has 3 rings (SSSR count). The van der Waals surface area contributed by atoms with E-state index < -0.39 is 10.0 Å². The zero-order valence-electron chi connectivity index (χ0n) is 15.2. The molecular formula is C18H29ClN2O4S. The highest BCUT2D eigenvalue weighted by Crippen LogP contribution is 2.29. The number of methoxy groups -OCH3 is 1. The van der Waals surface area contributed by atoms with Crippen LogP contribution in [0.4, 0.5) is 0 Å². The number of benzene rings is 1. The van der Waals surface area contributed by atoms with E-state index in [0.717, 1.165) is 19.4 Å². The summed E-state index contributed by atoms with van der Waals surface area (Å²) in [4.78, 5) is 0.337. The van der Waals surface area contributed by atoms with Crippen LogP contribution in [0.2, 0.25) is 0 Å². The van der Waals surface area contributed by atoms with Crippen molar-refractivity contribution in [1.82, 2.24) is 9.62 Å². The fraction of sp³-hybridized carbons (Fsp3) is 0.667. The fourth-order valence-electron chi connectivity index (χ4n) is 3.73. The minimum absolute atomic E-state index is 0. The lowest BCUT2D eigenvalue weighted by molar-refractivity contribution is 0.146. The molecule has 8 heteroatoms. The molecule has 0 spiro atoms. The molecule has 26 heavy (non-hydrogen) atoms. The molecule has 0 saturated carbocycles. The maximum atomic E-state index is 12.8. The van der Waals surface area contributed by atoms with Crippen LogP contribution in [-0.4, -0.2) is 58.7 Å². The lowest BCUT2D eigenvalue weighted by atomic mass is 9.89. The largest absolute Gasteiger partial charge is 0.491 e. The Kier molecular flexibility index (Phi) is 8.16. The second kappa shape index (κ2) is 9.90. The molecular weight excluding hydrogens is 376 g/mol. The van der Waals surface area contributed by atoms with Crippen LogP contribution < -0.4 is 10.1 Å². The van der Waals surface area contributed by atoms with Gasteiger partial charge in [-0.15, -0.1) is 12.4 Å². The number of halogens is 1. The molecule has 0 bridgehead atoms. The summed E-state index contributed by atoms with van der Waals surface area (Å²) in [6, 6.07) is 7.24. The molecule has 1 aromatic carbocycles. The number of hydrogen-bond donors (Lipinski definition) is 1. The summed E-state index contributed by atoms with van der Waals surface area (Å²) in [6.45, 7) is 3.27. The van der Waals surface area contributed by atoms with Gasteiger partial charge in [-0.25, -0.2) is 8.42 Å². The summed E-state index contributed by atoms with van der Waals surface area (Å²) in [6.07, 6.45) is 4.34. The van der Waals surface area contributed by atoms with Crippen molar-refractivity contribution in [2.75, 3.05) is 40.0 Å². The van der Waals surface area contributed by atoms with Gasteiger partial charge in [0.05, 0.1) is 11.5 Å². The Hall–Kier alpha value is -0.860. The molecule has 148 valence electrons. The van der Waals surface area contributed by atoms with Crippen LogP contribution >= 0.6 is 12.4 Å². The predicted octanol–water partition coefficient (Wildman–Crippen LogP) is 2.29. The molecule has 1 aromatic rings. The van der Waals surface area contributed by atoms with Gasteiger partial charge in [0.2, 0.25) is 10.0 Å². The van der Waals surface area contributed by atoms with E-state index in [1.165, 1.54) is 12.8 Å². The molecule has 2 fully saturated rings. The molecule has 2 heterocycles. The number of nitrogens with zero attached hydrogens (tertiary/aromatic N) is 1. The number of ether oxygens (including phenoxy) is 2. The number of sulfonamides is 1. The van der Waals surface area contributed by atoms with E-state index in [-0.39, 0.29) is 12.4 Å². The summed E-state index contributed by atoms with van der Waals surface area (Å²) < 4.78 is 37.7. The monoisotopic (exact) mass is 404 g/mol. The Bertz CT molecular complexity index is 640. The summed E-state index contributed by atoms with van der Waals surface area (Å²) in [7, 11) is -1.80. The van der Waals surface area contributed by atoms with Crippen molar-refractivity contribution in [3.05, 3.63) is 24.3 Å². The van der Waals surface area contributed by atoms with Crippen molar-refractivity contribution in [2.45, 2.75) is 36.6 Å². The first-order chi connectivity index (χ1) is 12.1. The number of piperidine rings is 1. The van der Waals surface area contributed by atoms with Crippen LogP contribution in [0.5, 0.6) is 5.75 Å². The first kappa shape index (κ1) is 21.4.